The number of rotatable bonds is 10. The standard InChI is InChI=1S/C15H32N4O5Si/c1-4-22-25(23-5-2,24-6-3)13-7-8-17-15(21)19-11-9-18(10-12-19)14(16)20/h4-13H2,1-3H3,(H2,16,20)(H,17,21). The SMILES string of the molecule is CCO[Si](CCCNC(=O)N1CCN(C(N)=O)CC1)(OCC)OCC. The number of nitrogens with one attached hydrogen (secondary N) is 1. The van der Waals surface area contributed by atoms with Crippen LogP contribution in [-0.2, 0) is 13.3 Å². The Morgan fingerprint density at radius 2 is 1.44 bits per heavy atom. The second-order valence-electron chi connectivity index (χ2n) is 5.63. The second kappa shape index (κ2) is 11.3. The zero-order valence-corrected chi connectivity index (χ0v) is 16.6. The Hall–Kier alpha value is -1.36. The molecule has 9 nitrogen and oxygen atoms in total. The van der Waals surface area contributed by atoms with Gasteiger partial charge >= 0.3 is 20.9 Å². The van der Waals surface area contributed by atoms with Crippen LogP contribution < -0.4 is 11.1 Å². The topological polar surface area (TPSA) is 106 Å². The van der Waals surface area contributed by atoms with Gasteiger partial charge in [-0.1, -0.05) is 0 Å². The van der Waals surface area contributed by atoms with Crippen LogP contribution >= 0.6 is 0 Å². The summed E-state index contributed by atoms with van der Waals surface area (Å²) in [5.74, 6) is 0. The number of hydrogen-bond donors (Lipinski definition) is 2. The molecule has 0 bridgehead atoms. The van der Waals surface area contributed by atoms with Crippen molar-refractivity contribution in [2.75, 3.05) is 52.5 Å². The second-order valence-corrected chi connectivity index (χ2v) is 8.36. The van der Waals surface area contributed by atoms with Crippen LogP contribution in [0.3, 0.4) is 0 Å². The van der Waals surface area contributed by atoms with E-state index in [0.29, 0.717) is 58.6 Å². The van der Waals surface area contributed by atoms with Crippen LogP contribution in [0.4, 0.5) is 9.59 Å². The van der Waals surface area contributed by atoms with Crippen LogP contribution in [-0.4, -0.2) is 83.2 Å². The van der Waals surface area contributed by atoms with Crippen molar-refractivity contribution < 1.29 is 22.9 Å². The summed E-state index contributed by atoms with van der Waals surface area (Å²) in [6.45, 7) is 9.85. The summed E-state index contributed by atoms with van der Waals surface area (Å²) in [4.78, 5) is 26.5. The van der Waals surface area contributed by atoms with Gasteiger partial charge in [0.05, 0.1) is 0 Å². The number of carbonyl (C=O) groups excluding carboxylic acids is 2. The molecule has 0 radical (unpaired) electrons. The van der Waals surface area contributed by atoms with Crippen molar-refractivity contribution >= 4 is 20.9 Å². The van der Waals surface area contributed by atoms with Gasteiger partial charge in [-0.15, -0.1) is 0 Å². The molecule has 1 saturated heterocycles. The third-order valence-electron chi connectivity index (χ3n) is 3.91. The van der Waals surface area contributed by atoms with Gasteiger partial charge in [-0.25, -0.2) is 9.59 Å². The highest BCUT2D eigenvalue weighted by molar-refractivity contribution is 6.60. The number of amides is 4. The summed E-state index contributed by atoms with van der Waals surface area (Å²) in [6.07, 6.45) is 0.721. The molecule has 0 unspecified atom stereocenters. The predicted molar refractivity (Wildman–Crippen MR) is 96.2 cm³/mol. The summed E-state index contributed by atoms with van der Waals surface area (Å²) in [6, 6.07) is 0.0999. The van der Waals surface area contributed by atoms with Crippen molar-refractivity contribution in [2.45, 2.75) is 33.2 Å². The molecule has 4 amide bonds. The normalized spacial score (nSPS) is 15.3. The fraction of sp³-hybridized carbons (Fsp3) is 0.867. The number of hydrogen-bond acceptors (Lipinski definition) is 5. The van der Waals surface area contributed by atoms with Crippen LogP contribution in [0.1, 0.15) is 27.2 Å². The fourth-order valence-electron chi connectivity index (χ4n) is 2.74. The van der Waals surface area contributed by atoms with Crippen LogP contribution in [0.5, 0.6) is 0 Å². The minimum atomic E-state index is -2.65. The van der Waals surface area contributed by atoms with E-state index in [-0.39, 0.29) is 6.03 Å². The Morgan fingerprint density at radius 3 is 1.88 bits per heavy atom. The molecule has 1 fully saturated rings. The third kappa shape index (κ3) is 7.18. The molecule has 1 aliphatic heterocycles. The highest BCUT2D eigenvalue weighted by Gasteiger charge is 2.39. The van der Waals surface area contributed by atoms with Gasteiger partial charge in [0.15, 0.2) is 0 Å². The Kier molecular flexibility index (Phi) is 9.79. The average Bonchev–Trinajstić information content (AvgIpc) is 2.59. The van der Waals surface area contributed by atoms with Gasteiger partial charge in [0.2, 0.25) is 0 Å². The summed E-state index contributed by atoms with van der Waals surface area (Å²) >= 11 is 0. The van der Waals surface area contributed by atoms with Gasteiger partial charge in [0.25, 0.3) is 0 Å². The van der Waals surface area contributed by atoms with E-state index in [1.54, 1.807) is 4.90 Å². The van der Waals surface area contributed by atoms with E-state index >= 15 is 0 Å². The Labute approximate surface area is 151 Å². The molecule has 25 heavy (non-hydrogen) atoms. The summed E-state index contributed by atoms with van der Waals surface area (Å²) in [7, 11) is -2.65. The quantitative estimate of drug-likeness (QED) is 0.434. The molecule has 0 aliphatic carbocycles. The number of urea groups is 2. The highest BCUT2D eigenvalue weighted by Crippen LogP contribution is 2.17. The molecule has 1 rings (SSSR count). The van der Waals surface area contributed by atoms with E-state index in [4.69, 9.17) is 19.0 Å². The van der Waals surface area contributed by atoms with Gasteiger partial charge < -0.3 is 34.1 Å². The molecule has 0 atom stereocenters. The largest absolute Gasteiger partial charge is 0.500 e. The van der Waals surface area contributed by atoms with E-state index in [1.807, 2.05) is 20.8 Å². The number of nitrogens with zero attached hydrogens (tertiary/aromatic N) is 2. The molecular formula is C15H32N4O5Si. The molecule has 0 aromatic rings. The smallest absolute Gasteiger partial charge is 0.374 e. The first kappa shape index (κ1) is 21.7. The van der Waals surface area contributed by atoms with Gasteiger partial charge in [-0.3, -0.25) is 0 Å². The molecule has 1 heterocycles. The molecule has 0 aromatic carbocycles. The van der Waals surface area contributed by atoms with Crippen molar-refractivity contribution in [1.82, 2.24) is 15.1 Å². The Balaban J connectivity index is 2.35. The predicted octanol–water partition coefficient (Wildman–Crippen LogP) is 0.831. The van der Waals surface area contributed by atoms with E-state index in [9.17, 15) is 9.59 Å². The lowest BCUT2D eigenvalue weighted by atomic mass is 10.3. The molecule has 146 valence electrons. The lowest BCUT2D eigenvalue weighted by molar-refractivity contribution is 0.0708. The molecule has 0 aromatic heterocycles. The zero-order chi connectivity index (χ0) is 18.7. The molecule has 0 saturated carbocycles. The first-order valence-electron chi connectivity index (χ1n) is 8.97. The Morgan fingerprint density at radius 1 is 0.960 bits per heavy atom. The van der Waals surface area contributed by atoms with Gasteiger partial charge in [-0.2, -0.15) is 0 Å². The van der Waals surface area contributed by atoms with Crippen molar-refractivity contribution in [3.8, 4) is 0 Å². The first-order valence-corrected chi connectivity index (χ1v) is 10.9. The van der Waals surface area contributed by atoms with Crippen molar-refractivity contribution in [1.29, 1.82) is 0 Å². The summed E-state index contributed by atoms with van der Waals surface area (Å²) < 4.78 is 17.4. The molecule has 1 aliphatic rings. The van der Waals surface area contributed by atoms with E-state index in [2.05, 4.69) is 5.32 Å². The van der Waals surface area contributed by atoms with E-state index < -0.39 is 14.8 Å². The molecule has 0 spiro atoms. The number of primary amides is 1. The van der Waals surface area contributed by atoms with Gasteiger partial charge in [-0.05, 0) is 27.2 Å². The number of nitrogens with two attached hydrogens (primary N) is 1. The van der Waals surface area contributed by atoms with Crippen molar-refractivity contribution in [3.05, 3.63) is 0 Å². The first-order chi connectivity index (χ1) is 12.0. The summed E-state index contributed by atoms with van der Waals surface area (Å²) in [5, 5.41) is 2.90. The third-order valence-corrected chi connectivity index (χ3v) is 7.06. The fourth-order valence-corrected chi connectivity index (χ4v) is 5.36. The van der Waals surface area contributed by atoms with Crippen molar-refractivity contribution in [3.63, 3.8) is 0 Å². The van der Waals surface area contributed by atoms with Crippen LogP contribution in [0.15, 0.2) is 0 Å². The van der Waals surface area contributed by atoms with Gasteiger partial charge in [0, 0.05) is 58.6 Å². The zero-order valence-electron chi connectivity index (χ0n) is 15.6. The molecular weight excluding hydrogens is 344 g/mol. The van der Waals surface area contributed by atoms with Crippen LogP contribution in [0.25, 0.3) is 0 Å². The van der Waals surface area contributed by atoms with Gasteiger partial charge in [0.1, 0.15) is 0 Å². The maximum atomic E-state index is 12.2. The highest BCUT2D eigenvalue weighted by atomic mass is 28.4. The minimum absolute atomic E-state index is 0.124. The Bertz CT molecular complexity index is 402. The monoisotopic (exact) mass is 376 g/mol. The maximum absolute atomic E-state index is 12.2. The van der Waals surface area contributed by atoms with Crippen LogP contribution in [0, 0.1) is 0 Å². The number of piperazine rings is 1. The van der Waals surface area contributed by atoms with E-state index in [0.717, 1.165) is 6.42 Å². The molecule has 3 N–H and O–H groups in total. The van der Waals surface area contributed by atoms with Crippen LogP contribution in [0.2, 0.25) is 6.04 Å². The van der Waals surface area contributed by atoms with Crippen molar-refractivity contribution in [2.24, 2.45) is 5.73 Å². The lowest BCUT2D eigenvalue weighted by Gasteiger charge is -2.33. The lowest BCUT2D eigenvalue weighted by Crippen LogP contribution is -2.54. The summed E-state index contributed by atoms with van der Waals surface area (Å²) in [5.41, 5.74) is 5.24. The maximum Gasteiger partial charge on any atom is 0.500 e. The average molecular weight is 377 g/mol. The number of carbonyl (C=O) groups is 2. The molecule has 10 heteroatoms. The minimum Gasteiger partial charge on any atom is -0.374 e. The van der Waals surface area contributed by atoms with E-state index in [1.165, 1.54) is 4.90 Å².